The number of carbonyl (C=O) groups excluding carboxylic acids is 1. The molecule has 0 saturated carbocycles. The first kappa shape index (κ1) is 24.9. The van der Waals surface area contributed by atoms with Gasteiger partial charge in [-0.25, -0.2) is 13.9 Å². The maximum Gasteiger partial charge on any atom is 0.322 e. The van der Waals surface area contributed by atoms with E-state index >= 15 is 0 Å². The summed E-state index contributed by atoms with van der Waals surface area (Å²) in [5, 5.41) is 8.64. The summed E-state index contributed by atoms with van der Waals surface area (Å²) in [6.07, 6.45) is 2.69. The Balaban J connectivity index is 1.55. The van der Waals surface area contributed by atoms with Gasteiger partial charge in [0.05, 0.1) is 29.7 Å². The van der Waals surface area contributed by atoms with Gasteiger partial charge >= 0.3 is 6.03 Å². The molecular formula is C31H27ClFN5O. The van der Waals surface area contributed by atoms with E-state index < -0.39 is 6.04 Å². The molecule has 2 aromatic heterocycles. The van der Waals surface area contributed by atoms with E-state index in [0.29, 0.717) is 23.7 Å². The molecule has 3 aromatic carbocycles. The van der Waals surface area contributed by atoms with Gasteiger partial charge in [0.1, 0.15) is 11.6 Å². The number of aryl methyl sites for hydroxylation is 1. The smallest absolute Gasteiger partial charge is 0.307 e. The molecule has 0 spiro atoms. The third kappa shape index (κ3) is 4.38. The van der Waals surface area contributed by atoms with E-state index in [1.54, 1.807) is 23.1 Å². The van der Waals surface area contributed by atoms with Crippen LogP contribution in [-0.2, 0) is 13.0 Å². The Hall–Kier alpha value is -4.36. The van der Waals surface area contributed by atoms with Gasteiger partial charge in [-0.15, -0.1) is 0 Å². The molecule has 0 fully saturated rings. The van der Waals surface area contributed by atoms with Crippen LogP contribution >= 0.6 is 11.6 Å². The Morgan fingerprint density at radius 3 is 2.54 bits per heavy atom. The van der Waals surface area contributed by atoms with Crippen molar-refractivity contribution in [2.24, 2.45) is 0 Å². The minimum atomic E-state index is -0.485. The van der Waals surface area contributed by atoms with E-state index in [4.69, 9.17) is 16.7 Å². The molecule has 0 radical (unpaired) electrons. The quantitative estimate of drug-likeness (QED) is 0.258. The van der Waals surface area contributed by atoms with Crippen molar-refractivity contribution < 1.29 is 9.18 Å². The number of hydrogen-bond donors (Lipinski definition) is 1. The van der Waals surface area contributed by atoms with E-state index in [2.05, 4.69) is 16.8 Å². The summed E-state index contributed by atoms with van der Waals surface area (Å²) in [7, 11) is 0. The largest absolute Gasteiger partial charge is 0.322 e. The van der Waals surface area contributed by atoms with Gasteiger partial charge in [-0.3, -0.25) is 0 Å². The van der Waals surface area contributed by atoms with E-state index in [1.807, 2.05) is 72.4 Å². The second-order valence-corrected chi connectivity index (χ2v) is 9.98. The van der Waals surface area contributed by atoms with Crippen molar-refractivity contribution in [1.29, 1.82) is 0 Å². The molecule has 1 atom stereocenters. The summed E-state index contributed by atoms with van der Waals surface area (Å²) in [5.74, 6) is 0.559. The summed E-state index contributed by atoms with van der Waals surface area (Å²) in [5.41, 5.74) is 5.90. The molecule has 1 aliphatic rings. The third-order valence-corrected chi connectivity index (χ3v) is 7.67. The fraction of sp³-hybridized carbons (Fsp3) is 0.161. The monoisotopic (exact) mass is 539 g/mol. The minimum absolute atomic E-state index is 0.287. The van der Waals surface area contributed by atoms with Gasteiger partial charge in [0.2, 0.25) is 0 Å². The summed E-state index contributed by atoms with van der Waals surface area (Å²) < 4.78 is 18.0. The molecule has 0 aliphatic carbocycles. The molecule has 0 saturated heterocycles. The number of urea groups is 1. The van der Waals surface area contributed by atoms with Crippen LogP contribution in [0.15, 0.2) is 91.1 Å². The van der Waals surface area contributed by atoms with Gasteiger partial charge in [0.25, 0.3) is 0 Å². The van der Waals surface area contributed by atoms with Gasteiger partial charge in [0.15, 0.2) is 0 Å². The predicted octanol–water partition coefficient (Wildman–Crippen LogP) is 7.46. The topological polar surface area (TPSA) is 55.1 Å². The number of nitrogens with zero attached hydrogens (tertiary/aromatic N) is 4. The highest BCUT2D eigenvalue weighted by atomic mass is 35.5. The summed E-state index contributed by atoms with van der Waals surface area (Å²) in [6.45, 7) is 4.25. The number of para-hydroxylation sites is 1. The predicted molar refractivity (Wildman–Crippen MR) is 151 cm³/mol. The number of rotatable bonds is 4. The average Bonchev–Trinajstić information content (AvgIpc) is 3.53. The maximum atomic E-state index is 14.1. The second-order valence-electron chi connectivity index (χ2n) is 9.58. The molecule has 6 rings (SSSR count). The Labute approximate surface area is 231 Å². The maximum absolute atomic E-state index is 14.1. The van der Waals surface area contributed by atoms with Gasteiger partial charge in [-0.2, -0.15) is 5.10 Å². The summed E-state index contributed by atoms with van der Waals surface area (Å²) >= 11 is 6.35. The first-order chi connectivity index (χ1) is 19.0. The van der Waals surface area contributed by atoms with Crippen LogP contribution < -0.4 is 5.32 Å². The van der Waals surface area contributed by atoms with Crippen molar-refractivity contribution >= 4 is 23.3 Å². The lowest BCUT2D eigenvalue weighted by Crippen LogP contribution is -2.38. The third-order valence-electron chi connectivity index (χ3n) is 7.26. The molecule has 1 N–H and O–H groups in total. The number of anilines is 1. The van der Waals surface area contributed by atoms with Crippen molar-refractivity contribution in [2.45, 2.75) is 32.9 Å². The highest BCUT2D eigenvalue weighted by Gasteiger charge is 2.36. The molecule has 1 aliphatic heterocycles. The summed E-state index contributed by atoms with van der Waals surface area (Å²) in [4.78, 5) is 15.9. The van der Waals surface area contributed by atoms with Crippen LogP contribution in [0.1, 0.15) is 41.0 Å². The molecule has 1 unspecified atom stereocenters. The molecule has 2 amide bonds. The lowest BCUT2D eigenvalue weighted by Gasteiger charge is -2.31. The first-order valence-electron chi connectivity index (χ1n) is 12.9. The van der Waals surface area contributed by atoms with E-state index in [0.717, 1.165) is 39.6 Å². The molecule has 6 nitrogen and oxygen atoms in total. The fourth-order valence-electron chi connectivity index (χ4n) is 5.27. The second kappa shape index (κ2) is 10.1. The summed E-state index contributed by atoms with van der Waals surface area (Å²) in [6, 6.07) is 25.0. The molecule has 8 heteroatoms. The van der Waals surface area contributed by atoms with Crippen molar-refractivity contribution in [3.05, 3.63) is 130 Å². The number of benzene rings is 3. The number of hydrogen-bond acceptors (Lipinski definition) is 2. The number of carbonyl (C=O) groups is 1. The lowest BCUT2D eigenvalue weighted by molar-refractivity contribution is 0.194. The molecule has 3 heterocycles. The zero-order valence-corrected chi connectivity index (χ0v) is 22.4. The van der Waals surface area contributed by atoms with E-state index in [1.165, 1.54) is 12.1 Å². The van der Waals surface area contributed by atoms with Crippen LogP contribution in [-0.4, -0.2) is 25.3 Å². The molecule has 196 valence electrons. The number of halogens is 2. The Kier molecular flexibility index (Phi) is 6.45. The van der Waals surface area contributed by atoms with Crippen molar-refractivity contribution in [1.82, 2.24) is 19.2 Å². The van der Waals surface area contributed by atoms with Crippen LogP contribution in [0.2, 0.25) is 5.02 Å². The van der Waals surface area contributed by atoms with Gasteiger partial charge < -0.3 is 14.8 Å². The van der Waals surface area contributed by atoms with Gasteiger partial charge in [0, 0.05) is 22.5 Å². The van der Waals surface area contributed by atoms with E-state index in [9.17, 15) is 9.18 Å². The molecule has 39 heavy (non-hydrogen) atoms. The Bertz CT molecular complexity index is 1660. The average molecular weight is 540 g/mol. The van der Waals surface area contributed by atoms with Crippen LogP contribution in [0.4, 0.5) is 14.9 Å². The molecule has 0 bridgehead atoms. The van der Waals surface area contributed by atoms with E-state index in [-0.39, 0.29) is 11.8 Å². The highest BCUT2D eigenvalue weighted by molar-refractivity contribution is 6.31. The normalized spacial score (nSPS) is 14.5. The van der Waals surface area contributed by atoms with Gasteiger partial charge in [-0.05, 0) is 73.0 Å². The highest BCUT2D eigenvalue weighted by Crippen LogP contribution is 2.39. The number of amides is 2. The van der Waals surface area contributed by atoms with Crippen LogP contribution in [0.25, 0.3) is 11.5 Å². The Morgan fingerprint density at radius 2 is 1.79 bits per heavy atom. The zero-order chi connectivity index (χ0) is 27.1. The standard InChI is InChI=1S/C31H27ClFN5O/c1-3-26-24-19-37(31(39)34-27-12-7-11-25(32)20(27)2)29(21-14-16-22(33)17-15-21)28-13-8-18-36(28)30(24)38(35-26)23-9-5-4-6-10-23/h4-18,29H,3,19H2,1-2H3,(H,34,39). The van der Waals surface area contributed by atoms with Crippen LogP contribution in [0, 0.1) is 12.7 Å². The van der Waals surface area contributed by atoms with Gasteiger partial charge in [-0.1, -0.05) is 54.9 Å². The van der Waals surface area contributed by atoms with Crippen molar-refractivity contribution in [3.8, 4) is 11.5 Å². The van der Waals surface area contributed by atoms with Crippen molar-refractivity contribution in [2.75, 3.05) is 5.32 Å². The first-order valence-corrected chi connectivity index (χ1v) is 13.3. The molecule has 5 aromatic rings. The fourth-order valence-corrected chi connectivity index (χ4v) is 5.45. The molecular weight excluding hydrogens is 513 g/mol. The number of aromatic nitrogens is 3. The minimum Gasteiger partial charge on any atom is -0.307 e. The van der Waals surface area contributed by atoms with Crippen LogP contribution in [0.3, 0.4) is 0 Å². The van der Waals surface area contributed by atoms with Crippen molar-refractivity contribution in [3.63, 3.8) is 0 Å². The lowest BCUT2D eigenvalue weighted by atomic mass is 10.0. The number of fused-ring (bicyclic) bond motifs is 3. The SMILES string of the molecule is CCc1nn(-c2ccccc2)c2c1CN(C(=O)Nc1cccc(Cl)c1C)C(c1ccc(F)cc1)c1cccn1-2. The zero-order valence-electron chi connectivity index (χ0n) is 21.6. The Morgan fingerprint density at radius 1 is 1.03 bits per heavy atom. The number of nitrogens with one attached hydrogen (secondary N) is 1. The van der Waals surface area contributed by atoms with Crippen LogP contribution in [0.5, 0.6) is 0 Å².